The van der Waals surface area contributed by atoms with Gasteiger partial charge in [0, 0.05) is 50.4 Å². The van der Waals surface area contributed by atoms with Gasteiger partial charge in [-0.1, -0.05) is 34.6 Å². The molecule has 12 heteroatoms. The fraction of sp³-hybridized carbons (Fsp3) is 0.643. The summed E-state index contributed by atoms with van der Waals surface area (Å²) in [5, 5.41) is 6.73. The lowest BCUT2D eigenvalue weighted by Crippen LogP contribution is -2.56. The first-order valence-corrected chi connectivity index (χ1v) is 13.7. The minimum atomic E-state index is -0.277. The van der Waals surface area contributed by atoms with E-state index in [0.717, 1.165) is 5.76 Å². The number of morpholine rings is 1. The van der Waals surface area contributed by atoms with E-state index < -0.39 is 0 Å². The van der Waals surface area contributed by atoms with Crippen LogP contribution in [-0.2, 0) is 21.5 Å². The molecule has 224 valence electrons. The summed E-state index contributed by atoms with van der Waals surface area (Å²) in [6.07, 6.45) is 3.89. The molecule has 0 spiro atoms. The van der Waals surface area contributed by atoms with E-state index in [1.54, 1.807) is 12.5 Å². The molecule has 0 aromatic carbocycles. The standard InChI is InChI=1S/C28H42N6O4.2ClH/c1-19(2)18-34(21-13-20(14-29-15-21)25(35)33-8-11-37-12-9-33)26(36)23-17-31-27(28(3,4)5)32-24(23)30-16-22-7-6-10-38-22;;/h6-7,10,17,19-21,29H,8-9,11-16,18H2,1-5H3,(H,30,31,32);2*1H/t20-,21-;;/m1../s1. The molecule has 2 aliphatic heterocycles. The first-order chi connectivity index (χ1) is 18.1. The van der Waals surface area contributed by atoms with Crippen LogP contribution in [0.4, 0.5) is 5.82 Å². The number of ether oxygens (including phenoxy) is 1. The van der Waals surface area contributed by atoms with Gasteiger partial charge in [0.25, 0.3) is 5.91 Å². The lowest BCUT2D eigenvalue weighted by molar-refractivity contribution is -0.140. The Balaban J connectivity index is 0.00000280. The summed E-state index contributed by atoms with van der Waals surface area (Å²) in [6.45, 7) is 15.0. The predicted molar refractivity (Wildman–Crippen MR) is 159 cm³/mol. The van der Waals surface area contributed by atoms with Crippen molar-refractivity contribution in [2.24, 2.45) is 11.8 Å². The average molecular weight is 600 g/mol. The summed E-state index contributed by atoms with van der Waals surface area (Å²) >= 11 is 0. The van der Waals surface area contributed by atoms with E-state index in [0.29, 0.717) is 76.1 Å². The summed E-state index contributed by atoms with van der Waals surface area (Å²) < 4.78 is 10.9. The second kappa shape index (κ2) is 15.0. The van der Waals surface area contributed by atoms with Crippen LogP contribution in [-0.4, -0.2) is 83.6 Å². The highest BCUT2D eigenvalue weighted by Gasteiger charge is 2.36. The number of hydrogen-bond acceptors (Lipinski definition) is 8. The maximum atomic E-state index is 14.1. The number of piperidine rings is 1. The Morgan fingerprint density at radius 3 is 2.55 bits per heavy atom. The highest BCUT2D eigenvalue weighted by Crippen LogP contribution is 2.26. The van der Waals surface area contributed by atoms with Gasteiger partial charge in [0.15, 0.2) is 0 Å². The van der Waals surface area contributed by atoms with Crippen molar-refractivity contribution in [1.29, 1.82) is 0 Å². The van der Waals surface area contributed by atoms with Crippen molar-refractivity contribution in [2.45, 2.75) is 59.0 Å². The van der Waals surface area contributed by atoms with Crippen LogP contribution in [0.15, 0.2) is 29.0 Å². The number of halogens is 2. The molecule has 2 aromatic rings. The smallest absolute Gasteiger partial charge is 0.259 e. The zero-order valence-electron chi connectivity index (χ0n) is 24.1. The highest BCUT2D eigenvalue weighted by atomic mass is 35.5. The molecule has 2 N–H and O–H groups in total. The maximum Gasteiger partial charge on any atom is 0.259 e. The summed E-state index contributed by atoms with van der Waals surface area (Å²) in [5.41, 5.74) is 0.146. The summed E-state index contributed by atoms with van der Waals surface area (Å²) in [6, 6.07) is 3.59. The molecule has 2 atom stereocenters. The highest BCUT2D eigenvalue weighted by molar-refractivity contribution is 5.98. The van der Waals surface area contributed by atoms with Crippen LogP contribution >= 0.6 is 24.8 Å². The number of nitrogens with one attached hydrogen (secondary N) is 2. The van der Waals surface area contributed by atoms with E-state index in [4.69, 9.17) is 14.1 Å². The van der Waals surface area contributed by atoms with Gasteiger partial charge >= 0.3 is 0 Å². The van der Waals surface area contributed by atoms with Gasteiger partial charge in [0.1, 0.15) is 23.0 Å². The molecule has 0 bridgehead atoms. The van der Waals surface area contributed by atoms with Crippen molar-refractivity contribution in [1.82, 2.24) is 25.1 Å². The normalized spacial score (nSPS) is 19.4. The second-order valence-electron chi connectivity index (χ2n) is 11.7. The minimum absolute atomic E-state index is 0. The minimum Gasteiger partial charge on any atom is -0.467 e. The Bertz CT molecular complexity index is 1090. The molecular weight excluding hydrogens is 555 g/mol. The number of furan rings is 1. The third-order valence-electron chi connectivity index (χ3n) is 6.96. The topological polar surface area (TPSA) is 113 Å². The number of carbonyl (C=O) groups is 2. The van der Waals surface area contributed by atoms with Crippen molar-refractivity contribution in [3.05, 3.63) is 41.7 Å². The van der Waals surface area contributed by atoms with Gasteiger partial charge in [-0.25, -0.2) is 9.97 Å². The predicted octanol–water partition coefficient (Wildman–Crippen LogP) is 3.76. The molecule has 2 aliphatic rings. The SMILES string of the molecule is CC(C)CN(C(=O)c1cnc(C(C)(C)C)nc1NCc1ccco1)[C@H]1CNC[C@H](C(=O)N2CCOCC2)C1.Cl.Cl. The van der Waals surface area contributed by atoms with Crippen LogP contribution < -0.4 is 10.6 Å². The third kappa shape index (κ3) is 8.55. The van der Waals surface area contributed by atoms with Gasteiger partial charge in [-0.05, 0) is 24.5 Å². The van der Waals surface area contributed by atoms with Gasteiger partial charge in [0.2, 0.25) is 5.91 Å². The Hall–Kier alpha value is -2.40. The molecule has 10 nitrogen and oxygen atoms in total. The number of anilines is 1. The molecule has 4 rings (SSSR count). The van der Waals surface area contributed by atoms with Crippen LogP contribution in [0.5, 0.6) is 0 Å². The zero-order valence-corrected chi connectivity index (χ0v) is 25.8. The van der Waals surface area contributed by atoms with E-state index in [-0.39, 0.29) is 59.9 Å². The number of aromatic nitrogens is 2. The molecule has 40 heavy (non-hydrogen) atoms. The molecule has 2 aromatic heterocycles. The maximum absolute atomic E-state index is 14.1. The Labute approximate surface area is 249 Å². The zero-order chi connectivity index (χ0) is 27.3. The quantitative estimate of drug-likeness (QED) is 0.472. The van der Waals surface area contributed by atoms with Crippen LogP contribution in [0.25, 0.3) is 0 Å². The van der Waals surface area contributed by atoms with E-state index in [1.165, 1.54) is 0 Å². The monoisotopic (exact) mass is 598 g/mol. The first-order valence-electron chi connectivity index (χ1n) is 13.7. The number of nitrogens with zero attached hydrogens (tertiary/aromatic N) is 4. The van der Waals surface area contributed by atoms with Crippen LogP contribution in [0.2, 0.25) is 0 Å². The van der Waals surface area contributed by atoms with Gasteiger partial charge < -0.3 is 29.6 Å². The average Bonchev–Trinajstić information content (AvgIpc) is 3.43. The van der Waals surface area contributed by atoms with Crippen LogP contribution in [0, 0.1) is 11.8 Å². The van der Waals surface area contributed by atoms with E-state index in [1.807, 2.05) is 42.7 Å². The largest absolute Gasteiger partial charge is 0.467 e. The summed E-state index contributed by atoms with van der Waals surface area (Å²) in [7, 11) is 0. The fourth-order valence-electron chi connectivity index (χ4n) is 4.95. The number of rotatable bonds is 8. The van der Waals surface area contributed by atoms with Gasteiger partial charge in [-0.3, -0.25) is 9.59 Å². The van der Waals surface area contributed by atoms with Crippen molar-refractivity contribution in [2.75, 3.05) is 51.3 Å². The van der Waals surface area contributed by atoms with E-state index in [2.05, 4.69) is 29.5 Å². The molecule has 4 heterocycles. The van der Waals surface area contributed by atoms with E-state index in [9.17, 15) is 9.59 Å². The molecule has 2 amide bonds. The Morgan fingerprint density at radius 2 is 1.93 bits per heavy atom. The number of hydrogen-bond donors (Lipinski definition) is 2. The van der Waals surface area contributed by atoms with Crippen molar-refractivity contribution < 1.29 is 18.7 Å². The fourth-order valence-corrected chi connectivity index (χ4v) is 4.95. The summed E-state index contributed by atoms with van der Waals surface area (Å²) in [4.78, 5) is 40.5. The second-order valence-corrected chi connectivity index (χ2v) is 11.7. The Kier molecular flexibility index (Phi) is 12.7. The van der Waals surface area contributed by atoms with E-state index >= 15 is 0 Å². The first kappa shape index (κ1) is 33.8. The van der Waals surface area contributed by atoms with Crippen LogP contribution in [0.1, 0.15) is 63.0 Å². The molecule has 0 saturated carbocycles. The summed E-state index contributed by atoms with van der Waals surface area (Å²) in [5.74, 6) is 1.98. The Morgan fingerprint density at radius 1 is 1.20 bits per heavy atom. The van der Waals surface area contributed by atoms with Gasteiger partial charge in [0.05, 0.1) is 31.9 Å². The third-order valence-corrected chi connectivity index (χ3v) is 6.96. The van der Waals surface area contributed by atoms with Crippen LogP contribution in [0.3, 0.4) is 0 Å². The number of carbonyl (C=O) groups excluding carboxylic acids is 2. The van der Waals surface area contributed by atoms with Gasteiger partial charge in [-0.15, -0.1) is 24.8 Å². The van der Waals surface area contributed by atoms with Crippen molar-refractivity contribution in [3.63, 3.8) is 0 Å². The molecule has 0 unspecified atom stereocenters. The molecule has 0 radical (unpaired) electrons. The lowest BCUT2D eigenvalue weighted by Gasteiger charge is -2.40. The molecular formula is C28H44Cl2N6O4. The van der Waals surface area contributed by atoms with Crippen molar-refractivity contribution in [3.8, 4) is 0 Å². The lowest BCUT2D eigenvalue weighted by atomic mass is 9.92. The molecule has 0 aliphatic carbocycles. The number of amides is 2. The molecule has 2 saturated heterocycles. The van der Waals surface area contributed by atoms with Crippen molar-refractivity contribution >= 4 is 42.4 Å². The molecule has 2 fully saturated rings. The van der Waals surface area contributed by atoms with Gasteiger partial charge in [-0.2, -0.15) is 0 Å².